The lowest BCUT2D eigenvalue weighted by Gasteiger charge is -2.21. The fraction of sp³-hybridized carbons (Fsp3) is 0.538. The van der Waals surface area contributed by atoms with Gasteiger partial charge in [0.25, 0.3) is 5.91 Å². The molecule has 0 spiro atoms. The molecule has 1 aromatic heterocycles. The van der Waals surface area contributed by atoms with E-state index in [2.05, 4.69) is 9.88 Å². The molecule has 1 amide bonds. The van der Waals surface area contributed by atoms with Crippen molar-refractivity contribution in [3.63, 3.8) is 0 Å². The maximum atomic E-state index is 12.1. The standard InChI is InChI=1S/C13H19N3O2/c1-15(6-7-16-4-2-3-5-16)13(18)11-8-12(17)10-14-9-11/h8-10,17H,2-7H2,1H3. The average molecular weight is 249 g/mol. The minimum Gasteiger partial charge on any atom is -0.506 e. The lowest BCUT2D eigenvalue weighted by atomic mass is 10.2. The molecule has 5 nitrogen and oxygen atoms in total. The van der Waals surface area contributed by atoms with Crippen LogP contribution in [0.1, 0.15) is 23.2 Å². The third kappa shape index (κ3) is 3.20. The Kier molecular flexibility index (Phi) is 4.15. The largest absolute Gasteiger partial charge is 0.506 e. The summed E-state index contributed by atoms with van der Waals surface area (Å²) in [5.74, 6) is -0.0774. The van der Waals surface area contributed by atoms with Crippen LogP contribution in [0.3, 0.4) is 0 Å². The summed E-state index contributed by atoms with van der Waals surface area (Å²) in [7, 11) is 1.78. The molecule has 1 aliphatic heterocycles. The van der Waals surface area contributed by atoms with Crippen molar-refractivity contribution in [3.05, 3.63) is 24.0 Å². The van der Waals surface area contributed by atoms with Crippen LogP contribution in [0.5, 0.6) is 5.75 Å². The predicted octanol–water partition coefficient (Wildman–Crippen LogP) is 0.955. The first-order valence-electron chi connectivity index (χ1n) is 6.28. The summed E-state index contributed by atoms with van der Waals surface area (Å²) in [6, 6.07) is 1.45. The van der Waals surface area contributed by atoms with Crippen molar-refractivity contribution in [2.45, 2.75) is 12.8 Å². The van der Waals surface area contributed by atoms with Crippen molar-refractivity contribution in [1.82, 2.24) is 14.8 Å². The number of likely N-dealkylation sites (N-methyl/N-ethyl adjacent to an activating group) is 1. The topological polar surface area (TPSA) is 56.7 Å². The zero-order valence-electron chi connectivity index (χ0n) is 10.7. The zero-order chi connectivity index (χ0) is 13.0. The van der Waals surface area contributed by atoms with Gasteiger partial charge < -0.3 is 14.9 Å². The summed E-state index contributed by atoms with van der Waals surface area (Å²) in [6.07, 6.45) is 5.32. The van der Waals surface area contributed by atoms with E-state index in [9.17, 15) is 9.90 Å². The van der Waals surface area contributed by atoms with Crippen molar-refractivity contribution in [2.75, 3.05) is 33.2 Å². The maximum absolute atomic E-state index is 12.1. The number of likely N-dealkylation sites (tertiary alicyclic amines) is 1. The average Bonchev–Trinajstić information content (AvgIpc) is 2.88. The molecular formula is C13H19N3O2. The van der Waals surface area contributed by atoms with E-state index in [0.29, 0.717) is 12.1 Å². The Morgan fingerprint density at radius 1 is 1.44 bits per heavy atom. The first-order chi connectivity index (χ1) is 8.66. The molecule has 1 saturated heterocycles. The second-order valence-corrected chi connectivity index (χ2v) is 4.71. The van der Waals surface area contributed by atoms with E-state index in [-0.39, 0.29) is 11.7 Å². The van der Waals surface area contributed by atoms with Gasteiger partial charge in [-0.2, -0.15) is 0 Å². The molecule has 0 radical (unpaired) electrons. The van der Waals surface area contributed by atoms with Crippen LogP contribution in [-0.4, -0.2) is 59.0 Å². The molecule has 0 saturated carbocycles. The van der Waals surface area contributed by atoms with E-state index in [0.717, 1.165) is 19.6 Å². The summed E-state index contributed by atoms with van der Waals surface area (Å²) in [6.45, 7) is 3.88. The van der Waals surface area contributed by atoms with Gasteiger partial charge in [-0.05, 0) is 32.0 Å². The lowest BCUT2D eigenvalue weighted by molar-refractivity contribution is 0.0781. The van der Waals surface area contributed by atoms with Gasteiger partial charge in [-0.1, -0.05) is 0 Å². The Balaban J connectivity index is 1.87. The highest BCUT2D eigenvalue weighted by molar-refractivity contribution is 5.94. The fourth-order valence-corrected chi connectivity index (χ4v) is 2.16. The normalized spacial score (nSPS) is 15.8. The molecule has 1 aromatic rings. The second kappa shape index (κ2) is 5.82. The van der Waals surface area contributed by atoms with Crippen molar-refractivity contribution in [3.8, 4) is 5.75 Å². The van der Waals surface area contributed by atoms with Gasteiger partial charge in [0.2, 0.25) is 0 Å². The fourth-order valence-electron chi connectivity index (χ4n) is 2.16. The zero-order valence-corrected chi connectivity index (χ0v) is 10.7. The Bertz CT molecular complexity index is 416. The van der Waals surface area contributed by atoms with Crippen LogP contribution in [-0.2, 0) is 0 Å². The highest BCUT2D eigenvalue weighted by atomic mass is 16.3. The van der Waals surface area contributed by atoms with Crippen molar-refractivity contribution >= 4 is 5.91 Å². The van der Waals surface area contributed by atoms with Gasteiger partial charge in [0, 0.05) is 26.3 Å². The number of nitrogens with zero attached hydrogens (tertiary/aromatic N) is 3. The molecule has 98 valence electrons. The van der Waals surface area contributed by atoms with Gasteiger partial charge in [0.05, 0.1) is 11.8 Å². The molecule has 18 heavy (non-hydrogen) atoms. The van der Waals surface area contributed by atoms with Gasteiger partial charge in [-0.3, -0.25) is 9.78 Å². The highest BCUT2D eigenvalue weighted by Gasteiger charge is 2.15. The Morgan fingerprint density at radius 3 is 2.83 bits per heavy atom. The molecule has 0 aliphatic carbocycles. The lowest BCUT2D eigenvalue weighted by Crippen LogP contribution is -2.35. The molecule has 1 fully saturated rings. The SMILES string of the molecule is CN(CCN1CCCC1)C(=O)c1cncc(O)c1. The van der Waals surface area contributed by atoms with Gasteiger partial charge in [-0.15, -0.1) is 0 Å². The summed E-state index contributed by atoms with van der Waals surface area (Å²) in [5.41, 5.74) is 0.430. The molecule has 2 heterocycles. The molecule has 0 aromatic carbocycles. The van der Waals surface area contributed by atoms with Crippen LogP contribution in [0.25, 0.3) is 0 Å². The van der Waals surface area contributed by atoms with E-state index in [1.165, 1.54) is 31.3 Å². The van der Waals surface area contributed by atoms with E-state index in [4.69, 9.17) is 0 Å². The van der Waals surface area contributed by atoms with Crippen LogP contribution in [0, 0.1) is 0 Å². The van der Waals surface area contributed by atoms with E-state index < -0.39 is 0 Å². The molecule has 0 bridgehead atoms. The molecule has 1 aliphatic rings. The van der Waals surface area contributed by atoms with Crippen molar-refractivity contribution in [2.24, 2.45) is 0 Å². The highest BCUT2D eigenvalue weighted by Crippen LogP contribution is 2.11. The van der Waals surface area contributed by atoms with Crippen LogP contribution in [0.2, 0.25) is 0 Å². The van der Waals surface area contributed by atoms with Gasteiger partial charge in [-0.25, -0.2) is 0 Å². The number of aromatic hydroxyl groups is 1. The first-order valence-corrected chi connectivity index (χ1v) is 6.28. The molecular weight excluding hydrogens is 230 g/mol. The van der Waals surface area contributed by atoms with Gasteiger partial charge >= 0.3 is 0 Å². The first kappa shape index (κ1) is 12.8. The second-order valence-electron chi connectivity index (χ2n) is 4.71. The van der Waals surface area contributed by atoms with Crippen molar-refractivity contribution in [1.29, 1.82) is 0 Å². The molecule has 0 unspecified atom stereocenters. The van der Waals surface area contributed by atoms with Crippen LogP contribution < -0.4 is 0 Å². The minimum atomic E-state index is -0.0994. The molecule has 0 atom stereocenters. The Labute approximate surface area is 107 Å². The molecule has 1 N–H and O–H groups in total. The Morgan fingerprint density at radius 2 is 2.17 bits per heavy atom. The third-order valence-corrected chi connectivity index (χ3v) is 3.27. The summed E-state index contributed by atoms with van der Waals surface area (Å²) in [5, 5.41) is 9.30. The number of pyridine rings is 1. The monoisotopic (exact) mass is 249 g/mol. The van der Waals surface area contributed by atoms with E-state index >= 15 is 0 Å². The van der Waals surface area contributed by atoms with Gasteiger partial charge in [0.1, 0.15) is 5.75 Å². The van der Waals surface area contributed by atoms with E-state index in [1.54, 1.807) is 11.9 Å². The number of rotatable bonds is 4. The summed E-state index contributed by atoms with van der Waals surface area (Å²) < 4.78 is 0. The van der Waals surface area contributed by atoms with Gasteiger partial charge in [0.15, 0.2) is 0 Å². The third-order valence-electron chi connectivity index (χ3n) is 3.27. The number of carbonyl (C=O) groups is 1. The quantitative estimate of drug-likeness (QED) is 0.863. The molecule has 5 heteroatoms. The summed E-state index contributed by atoms with van der Waals surface area (Å²) in [4.78, 5) is 19.9. The van der Waals surface area contributed by atoms with Crippen LogP contribution in [0.15, 0.2) is 18.5 Å². The van der Waals surface area contributed by atoms with Crippen molar-refractivity contribution < 1.29 is 9.90 Å². The maximum Gasteiger partial charge on any atom is 0.255 e. The van der Waals surface area contributed by atoms with E-state index in [1.807, 2.05) is 0 Å². The number of amides is 1. The summed E-state index contributed by atoms with van der Waals surface area (Å²) >= 11 is 0. The minimum absolute atomic E-state index is 0.0220. The number of hydrogen-bond donors (Lipinski definition) is 1. The van der Waals surface area contributed by atoms with Crippen LogP contribution >= 0.6 is 0 Å². The number of hydrogen-bond acceptors (Lipinski definition) is 4. The smallest absolute Gasteiger partial charge is 0.255 e. The number of aromatic nitrogens is 1. The Hall–Kier alpha value is -1.62. The number of carbonyl (C=O) groups excluding carboxylic acids is 1. The van der Waals surface area contributed by atoms with Crippen LogP contribution in [0.4, 0.5) is 0 Å². The molecule has 2 rings (SSSR count). The predicted molar refractivity (Wildman–Crippen MR) is 68.5 cm³/mol.